The SMILES string of the molecule is CCOc1ccc(C(c2cc(C)cc(C)c2)N2CCC(C(=O)O)CC2)cc1. The summed E-state index contributed by atoms with van der Waals surface area (Å²) in [6, 6.07) is 15.1. The molecule has 1 N–H and O–H groups in total. The van der Waals surface area contributed by atoms with Crippen LogP contribution in [0.5, 0.6) is 5.75 Å². The minimum atomic E-state index is -0.668. The van der Waals surface area contributed by atoms with E-state index in [0.717, 1.165) is 18.8 Å². The number of carboxylic acid groups (broad SMARTS) is 1. The van der Waals surface area contributed by atoms with Gasteiger partial charge < -0.3 is 9.84 Å². The van der Waals surface area contributed by atoms with Crippen LogP contribution in [-0.4, -0.2) is 35.7 Å². The van der Waals surface area contributed by atoms with E-state index in [9.17, 15) is 9.90 Å². The van der Waals surface area contributed by atoms with Crippen molar-refractivity contribution >= 4 is 5.97 Å². The van der Waals surface area contributed by atoms with Crippen LogP contribution in [0, 0.1) is 19.8 Å². The van der Waals surface area contributed by atoms with E-state index < -0.39 is 5.97 Å². The zero-order chi connectivity index (χ0) is 19.4. The molecule has 0 amide bonds. The summed E-state index contributed by atoms with van der Waals surface area (Å²) in [7, 11) is 0. The maximum Gasteiger partial charge on any atom is 0.306 e. The van der Waals surface area contributed by atoms with E-state index in [1.165, 1.54) is 22.3 Å². The fourth-order valence-electron chi connectivity index (χ4n) is 4.10. The van der Waals surface area contributed by atoms with E-state index in [2.05, 4.69) is 49.1 Å². The van der Waals surface area contributed by atoms with Crippen LogP contribution in [0.15, 0.2) is 42.5 Å². The second kappa shape index (κ2) is 8.57. The number of ether oxygens (including phenoxy) is 1. The molecule has 1 heterocycles. The molecular formula is C23H29NO3. The minimum Gasteiger partial charge on any atom is -0.494 e. The van der Waals surface area contributed by atoms with E-state index in [4.69, 9.17) is 4.74 Å². The predicted octanol–water partition coefficient (Wildman–Crippen LogP) is 4.59. The number of carbonyl (C=O) groups is 1. The molecule has 0 aromatic heterocycles. The zero-order valence-electron chi connectivity index (χ0n) is 16.4. The summed E-state index contributed by atoms with van der Waals surface area (Å²) in [6.45, 7) is 8.48. The van der Waals surface area contributed by atoms with Gasteiger partial charge in [-0.1, -0.05) is 41.5 Å². The first-order chi connectivity index (χ1) is 13.0. The number of piperidine rings is 1. The Hall–Kier alpha value is -2.33. The lowest BCUT2D eigenvalue weighted by Gasteiger charge is -2.37. The summed E-state index contributed by atoms with van der Waals surface area (Å²) in [5.74, 6) is -0.00912. The number of nitrogens with zero attached hydrogens (tertiary/aromatic N) is 1. The maximum atomic E-state index is 11.3. The number of hydrogen-bond donors (Lipinski definition) is 1. The number of likely N-dealkylation sites (tertiary alicyclic amines) is 1. The molecule has 1 atom stereocenters. The molecule has 0 spiro atoms. The highest BCUT2D eigenvalue weighted by molar-refractivity contribution is 5.70. The second-order valence-corrected chi connectivity index (χ2v) is 7.47. The first-order valence-corrected chi connectivity index (χ1v) is 9.75. The van der Waals surface area contributed by atoms with Gasteiger partial charge in [-0.05, 0) is 70.0 Å². The van der Waals surface area contributed by atoms with E-state index in [0.29, 0.717) is 19.4 Å². The fraction of sp³-hybridized carbons (Fsp3) is 0.435. The smallest absolute Gasteiger partial charge is 0.306 e. The average molecular weight is 367 g/mol. The molecule has 27 heavy (non-hydrogen) atoms. The van der Waals surface area contributed by atoms with Crippen LogP contribution in [0.1, 0.15) is 48.1 Å². The molecule has 144 valence electrons. The van der Waals surface area contributed by atoms with Crippen molar-refractivity contribution in [1.82, 2.24) is 4.90 Å². The molecular weight excluding hydrogens is 338 g/mol. The molecule has 2 aromatic rings. The lowest BCUT2D eigenvalue weighted by atomic mass is 9.90. The zero-order valence-corrected chi connectivity index (χ0v) is 16.4. The van der Waals surface area contributed by atoms with E-state index in [-0.39, 0.29) is 12.0 Å². The minimum absolute atomic E-state index is 0.133. The number of rotatable bonds is 6. The Morgan fingerprint density at radius 2 is 1.67 bits per heavy atom. The summed E-state index contributed by atoms with van der Waals surface area (Å²) < 4.78 is 5.59. The third kappa shape index (κ3) is 4.69. The molecule has 0 bridgehead atoms. The highest BCUT2D eigenvalue weighted by Crippen LogP contribution is 2.34. The second-order valence-electron chi connectivity index (χ2n) is 7.47. The largest absolute Gasteiger partial charge is 0.494 e. The van der Waals surface area contributed by atoms with E-state index >= 15 is 0 Å². The lowest BCUT2D eigenvalue weighted by Crippen LogP contribution is -2.39. The number of hydrogen-bond acceptors (Lipinski definition) is 3. The van der Waals surface area contributed by atoms with Gasteiger partial charge in [-0.3, -0.25) is 9.69 Å². The Kier molecular flexibility index (Phi) is 6.17. The predicted molar refractivity (Wildman–Crippen MR) is 107 cm³/mol. The normalized spacial score (nSPS) is 16.9. The van der Waals surface area contributed by atoms with Crippen LogP contribution < -0.4 is 4.74 Å². The summed E-state index contributed by atoms with van der Waals surface area (Å²) >= 11 is 0. The van der Waals surface area contributed by atoms with Crippen molar-refractivity contribution in [3.05, 3.63) is 64.7 Å². The number of benzene rings is 2. The van der Waals surface area contributed by atoms with Crippen molar-refractivity contribution in [1.29, 1.82) is 0 Å². The van der Waals surface area contributed by atoms with Crippen LogP contribution in [0.4, 0.5) is 0 Å². The van der Waals surface area contributed by atoms with Gasteiger partial charge in [-0.15, -0.1) is 0 Å². The summed E-state index contributed by atoms with van der Waals surface area (Å²) in [6.07, 6.45) is 1.40. The third-order valence-electron chi connectivity index (χ3n) is 5.31. The molecule has 1 fully saturated rings. The molecule has 0 saturated carbocycles. The molecule has 3 rings (SSSR count). The summed E-state index contributed by atoms with van der Waals surface area (Å²) in [5.41, 5.74) is 4.99. The number of carboxylic acids is 1. The van der Waals surface area contributed by atoms with Gasteiger partial charge in [-0.25, -0.2) is 0 Å². The Labute approximate surface area is 161 Å². The topological polar surface area (TPSA) is 49.8 Å². The summed E-state index contributed by atoms with van der Waals surface area (Å²) in [5, 5.41) is 9.32. The standard InChI is InChI=1S/C23H29NO3/c1-4-27-21-7-5-18(6-8-21)22(20-14-16(2)13-17(3)15-20)24-11-9-19(10-12-24)23(25)26/h5-8,13-15,19,22H,4,9-12H2,1-3H3,(H,25,26). The van der Waals surface area contributed by atoms with Crippen LogP contribution in [0.2, 0.25) is 0 Å². The monoisotopic (exact) mass is 367 g/mol. The van der Waals surface area contributed by atoms with Gasteiger partial charge in [0, 0.05) is 0 Å². The maximum absolute atomic E-state index is 11.3. The highest BCUT2D eigenvalue weighted by Gasteiger charge is 2.30. The fourth-order valence-corrected chi connectivity index (χ4v) is 4.10. The molecule has 1 aliphatic rings. The number of aliphatic carboxylic acids is 1. The molecule has 4 heteroatoms. The Balaban J connectivity index is 1.92. The van der Waals surface area contributed by atoms with E-state index in [1.807, 2.05) is 19.1 Å². The van der Waals surface area contributed by atoms with Gasteiger partial charge in [0.25, 0.3) is 0 Å². The van der Waals surface area contributed by atoms with Crippen LogP contribution in [0.3, 0.4) is 0 Å². The van der Waals surface area contributed by atoms with Crippen molar-refractivity contribution < 1.29 is 14.6 Å². The summed E-state index contributed by atoms with van der Waals surface area (Å²) in [4.78, 5) is 13.7. The average Bonchev–Trinajstić information content (AvgIpc) is 2.63. The lowest BCUT2D eigenvalue weighted by molar-refractivity contribution is -0.143. The molecule has 0 radical (unpaired) electrons. The van der Waals surface area contributed by atoms with E-state index in [1.54, 1.807) is 0 Å². The molecule has 1 unspecified atom stereocenters. The third-order valence-corrected chi connectivity index (χ3v) is 5.31. The molecule has 0 aliphatic carbocycles. The van der Waals surface area contributed by atoms with Crippen molar-refractivity contribution in [3.63, 3.8) is 0 Å². The van der Waals surface area contributed by atoms with Crippen molar-refractivity contribution in [2.75, 3.05) is 19.7 Å². The van der Waals surface area contributed by atoms with Gasteiger partial charge in [0.2, 0.25) is 0 Å². The Bertz CT molecular complexity index is 756. The van der Waals surface area contributed by atoms with Crippen LogP contribution >= 0.6 is 0 Å². The van der Waals surface area contributed by atoms with Crippen molar-refractivity contribution in [3.8, 4) is 5.75 Å². The molecule has 2 aromatic carbocycles. The first-order valence-electron chi connectivity index (χ1n) is 9.75. The van der Waals surface area contributed by atoms with Crippen molar-refractivity contribution in [2.24, 2.45) is 5.92 Å². The van der Waals surface area contributed by atoms with Crippen LogP contribution in [-0.2, 0) is 4.79 Å². The van der Waals surface area contributed by atoms with Crippen LogP contribution in [0.25, 0.3) is 0 Å². The Morgan fingerprint density at radius 3 is 2.19 bits per heavy atom. The number of aryl methyl sites for hydroxylation is 2. The van der Waals surface area contributed by atoms with Gasteiger partial charge in [-0.2, -0.15) is 0 Å². The molecule has 4 nitrogen and oxygen atoms in total. The van der Waals surface area contributed by atoms with Gasteiger partial charge in [0.15, 0.2) is 0 Å². The van der Waals surface area contributed by atoms with Gasteiger partial charge in [0.1, 0.15) is 5.75 Å². The molecule has 1 aliphatic heterocycles. The highest BCUT2D eigenvalue weighted by atomic mass is 16.5. The van der Waals surface area contributed by atoms with Crippen molar-refractivity contribution in [2.45, 2.75) is 39.7 Å². The quantitative estimate of drug-likeness (QED) is 0.811. The first kappa shape index (κ1) is 19.4. The Morgan fingerprint density at radius 1 is 1.07 bits per heavy atom. The van der Waals surface area contributed by atoms with Gasteiger partial charge in [0.05, 0.1) is 18.6 Å². The van der Waals surface area contributed by atoms with Gasteiger partial charge >= 0.3 is 5.97 Å². The molecule has 1 saturated heterocycles.